The van der Waals surface area contributed by atoms with Gasteiger partial charge in [0.25, 0.3) is 0 Å². The number of nitrogens with one attached hydrogen (secondary N) is 1. The first kappa shape index (κ1) is 16.8. The number of hydrogen-bond donors (Lipinski definition) is 1. The maximum atomic E-state index is 12.0. The Kier molecular flexibility index (Phi) is 6.22. The molecule has 0 aliphatic rings. The first-order chi connectivity index (χ1) is 10.6. The summed E-state index contributed by atoms with van der Waals surface area (Å²) < 4.78 is 10.1. The van der Waals surface area contributed by atoms with Crippen molar-refractivity contribution in [3.05, 3.63) is 28.6 Å². The summed E-state index contributed by atoms with van der Waals surface area (Å²) in [5.41, 5.74) is 0. The van der Waals surface area contributed by atoms with Crippen LogP contribution in [-0.4, -0.2) is 47.6 Å². The summed E-state index contributed by atoms with van der Waals surface area (Å²) in [7, 11) is 3.44. The Morgan fingerprint density at radius 1 is 1.50 bits per heavy atom. The van der Waals surface area contributed by atoms with Crippen LogP contribution in [0, 0.1) is 0 Å². The number of carbonyl (C=O) groups excluding carboxylic acids is 1. The standard InChI is InChI=1S/C13H16BrN5O2S/c1-19(13-17-11(18-22-13)5-6-21-2)8-12(20)16-10-4-3-9(14)7-15-10/h3-4,7H,5-6,8H2,1-2H3,(H,15,16,20). The van der Waals surface area contributed by atoms with Gasteiger partial charge < -0.3 is 15.0 Å². The first-order valence-electron chi connectivity index (χ1n) is 6.52. The molecule has 1 N–H and O–H groups in total. The number of methoxy groups -OCH3 is 1. The third-order valence-electron chi connectivity index (χ3n) is 2.69. The second kappa shape index (κ2) is 8.16. The molecular weight excluding hydrogens is 370 g/mol. The number of anilines is 2. The van der Waals surface area contributed by atoms with Crippen molar-refractivity contribution in [2.24, 2.45) is 0 Å². The molecule has 0 spiro atoms. The summed E-state index contributed by atoms with van der Waals surface area (Å²) in [6, 6.07) is 3.55. The number of hydrogen-bond acceptors (Lipinski definition) is 7. The van der Waals surface area contributed by atoms with Crippen LogP contribution in [0.25, 0.3) is 0 Å². The summed E-state index contributed by atoms with van der Waals surface area (Å²) in [6.07, 6.45) is 2.29. The second-order valence-electron chi connectivity index (χ2n) is 4.50. The highest BCUT2D eigenvalue weighted by Gasteiger charge is 2.12. The molecule has 1 amide bonds. The molecule has 0 aliphatic carbocycles. The quantitative estimate of drug-likeness (QED) is 0.784. The Balaban J connectivity index is 1.87. The van der Waals surface area contributed by atoms with Gasteiger partial charge in [0, 0.05) is 42.8 Å². The summed E-state index contributed by atoms with van der Waals surface area (Å²) in [5, 5.41) is 3.43. The normalized spacial score (nSPS) is 10.5. The topological polar surface area (TPSA) is 80.2 Å². The average molecular weight is 386 g/mol. The van der Waals surface area contributed by atoms with Gasteiger partial charge in [-0.15, -0.1) is 0 Å². The van der Waals surface area contributed by atoms with E-state index in [9.17, 15) is 4.79 Å². The molecule has 0 saturated heterocycles. The van der Waals surface area contributed by atoms with Crippen LogP contribution in [0.3, 0.4) is 0 Å². The molecule has 0 bridgehead atoms. The largest absolute Gasteiger partial charge is 0.384 e. The highest BCUT2D eigenvalue weighted by molar-refractivity contribution is 9.10. The number of amides is 1. The molecule has 0 aliphatic heterocycles. The number of ether oxygens (including phenoxy) is 1. The molecule has 2 rings (SSSR count). The van der Waals surface area contributed by atoms with Crippen molar-refractivity contribution in [3.8, 4) is 0 Å². The lowest BCUT2D eigenvalue weighted by molar-refractivity contribution is -0.114. The molecule has 7 nitrogen and oxygen atoms in total. The summed E-state index contributed by atoms with van der Waals surface area (Å²) >= 11 is 4.56. The molecule has 0 atom stereocenters. The predicted octanol–water partition coefficient (Wildman–Crippen LogP) is 1.96. The van der Waals surface area contributed by atoms with Crippen molar-refractivity contribution in [2.75, 3.05) is 37.5 Å². The predicted molar refractivity (Wildman–Crippen MR) is 89.3 cm³/mol. The van der Waals surface area contributed by atoms with Gasteiger partial charge in [0.15, 0.2) is 0 Å². The van der Waals surface area contributed by atoms with Crippen LogP contribution < -0.4 is 10.2 Å². The number of rotatable bonds is 7. The lowest BCUT2D eigenvalue weighted by Crippen LogP contribution is -2.30. The minimum absolute atomic E-state index is 0.161. The van der Waals surface area contributed by atoms with Crippen molar-refractivity contribution in [3.63, 3.8) is 0 Å². The molecule has 2 aromatic rings. The van der Waals surface area contributed by atoms with E-state index in [0.29, 0.717) is 24.0 Å². The molecule has 0 saturated carbocycles. The van der Waals surface area contributed by atoms with E-state index in [0.717, 1.165) is 10.3 Å². The molecular formula is C13H16BrN5O2S. The fourth-order valence-corrected chi connectivity index (χ4v) is 2.51. The van der Waals surface area contributed by atoms with E-state index in [1.165, 1.54) is 11.5 Å². The number of nitrogens with zero attached hydrogens (tertiary/aromatic N) is 4. The average Bonchev–Trinajstić information content (AvgIpc) is 2.96. The van der Waals surface area contributed by atoms with Crippen molar-refractivity contribution in [1.82, 2.24) is 14.3 Å². The zero-order valence-electron chi connectivity index (χ0n) is 12.2. The van der Waals surface area contributed by atoms with Gasteiger partial charge in [0.05, 0.1) is 13.2 Å². The first-order valence-corrected chi connectivity index (χ1v) is 8.09. The van der Waals surface area contributed by atoms with Crippen molar-refractivity contribution < 1.29 is 9.53 Å². The van der Waals surface area contributed by atoms with Gasteiger partial charge in [0.2, 0.25) is 11.0 Å². The summed E-state index contributed by atoms with van der Waals surface area (Å²) in [4.78, 5) is 22.2. The third-order valence-corrected chi connectivity index (χ3v) is 4.03. The van der Waals surface area contributed by atoms with Crippen LogP contribution >= 0.6 is 27.5 Å². The van der Waals surface area contributed by atoms with Gasteiger partial charge in [-0.2, -0.15) is 4.37 Å². The van der Waals surface area contributed by atoms with E-state index >= 15 is 0 Å². The van der Waals surface area contributed by atoms with E-state index in [1.54, 1.807) is 31.3 Å². The maximum absolute atomic E-state index is 12.0. The number of pyridine rings is 1. The highest BCUT2D eigenvalue weighted by Crippen LogP contribution is 2.16. The zero-order chi connectivity index (χ0) is 15.9. The van der Waals surface area contributed by atoms with Crippen molar-refractivity contribution in [1.29, 1.82) is 0 Å². The molecule has 2 heterocycles. The van der Waals surface area contributed by atoms with Gasteiger partial charge in [-0.25, -0.2) is 9.97 Å². The molecule has 0 fully saturated rings. The number of carbonyl (C=O) groups is 1. The van der Waals surface area contributed by atoms with Gasteiger partial charge >= 0.3 is 0 Å². The Morgan fingerprint density at radius 3 is 3.00 bits per heavy atom. The molecule has 22 heavy (non-hydrogen) atoms. The molecule has 2 aromatic heterocycles. The van der Waals surface area contributed by atoms with Gasteiger partial charge in [0.1, 0.15) is 11.6 Å². The van der Waals surface area contributed by atoms with Crippen molar-refractivity contribution in [2.45, 2.75) is 6.42 Å². The van der Waals surface area contributed by atoms with Crippen LogP contribution in [0.4, 0.5) is 10.9 Å². The van der Waals surface area contributed by atoms with E-state index < -0.39 is 0 Å². The maximum Gasteiger partial charge on any atom is 0.245 e. The minimum Gasteiger partial charge on any atom is -0.384 e. The molecule has 0 aromatic carbocycles. The summed E-state index contributed by atoms with van der Waals surface area (Å²) in [6.45, 7) is 0.756. The Bertz CT molecular complexity index is 619. The Hall–Kier alpha value is -1.58. The number of aromatic nitrogens is 3. The molecule has 118 valence electrons. The van der Waals surface area contributed by atoms with E-state index in [1.807, 2.05) is 6.07 Å². The number of halogens is 1. The zero-order valence-corrected chi connectivity index (χ0v) is 14.6. The highest BCUT2D eigenvalue weighted by atomic mass is 79.9. The third kappa shape index (κ3) is 5.00. The van der Waals surface area contributed by atoms with Crippen LogP contribution in [0.1, 0.15) is 5.82 Å². The van der Waals surface area contributed by atoms with E-state index in [2.05, 4.69) is 35.6 Å². The van der Waals surface area contributed by atoms with Gasteiger partial charge in [-0.1, -0.05) is 0 Å². The van der Waals surface area contributed by atoms with E-state index in [4.69, 9.17) is 4.74 Å². The lowest BCUT2D eigenvalue weighted by Gasteiger charge is -2.14. The molecule has 9 heteroatoms. The monoisotopic (exact) mass is 385 g/mol. The van der Waals surface area contributed by atoms with Crippen LogP contribution in [0.15, 0.2) is 22.8 Å². The minimum atomic E-state index is -0.161. The second-order valence-corrected chi connectivity index (χ2v) is 6.15. The van der Waals surface area contributed by atoms with Crippen LogP contribution in [0.2, 0.25) is 0 Å². The fraction of sp³-hybridized carbons (Fsp3) is 0.385. The number of likely N-dealkylation sites (N-methyl/N-ethyl adjacent to an activating group) is 1. The Morgan fingerprint density at radius 2 is 2.32 bits per heavy atom. The van der Waals surface area contributed by atoms with E-state index in [-0.39, 0.29) is 12.5 Å². The van der Waals surface area contributed by atoms with Gasteiger partial charge in [-0.05, 0) is 28.1 Å². The fourth-order valence-electron chi connectivity index (χ4n) is 1.61. The Labute approximate surface area is 141 Å². The van der Waals surface area contributed by atoms with Crippen LogP contribution in [0.5, 0.6) is 0 Å². The van der Waals surface area contributed by atoms with Crippen molar-refractivity contribution >= 4 is 44.3 Å². The summed E-state index contributed by atoms with van der Waals surface area (Å²) in [5.74, 6) is 1.08. The SMILES string of the molecule is COCCc1nsc(N(C)CC(=O)Nc2ccc(Br)cn2)n1. The smallest absolute Gasteiger partial charge is 0.245 e. The molecule has 0 radical (unpaired) electrons. The van der Waals surface area contributed by atoms with Crippen LogP contribution in [-0.2, 0) is 16.0 Å². The lowest BCUT2D eigenvalue weighted by atomic mass is 10.4. The molecule has 0 unspecified atom stereocenters. The van der Waals surface area contributed by atoms with Gasteiger partial charge in [-0.3, -0.25) is 4.79 Å².